The number of anilines is 1. The van der Waals surface area contributed by atoms with E-state index in [2.05, 4.69) is 26.1 Å². The smallest absolute Gasteiger partial charge is 0.384 e. The molecule has 0 saturated heterocycles. The Morgan fingerprint density at radius 2 is 1.84 bits per heavy atom. The zero-order chi connectivity index (χ0) is 14.7. The molecular formula is C14H17F3N2. The van der Waals surface area contributed by atoms with E-state index in [-0.39, 0.29) is 11.0 Å². The molecule has 0 radical (unpaired) electrons. The molecule has 1 rings (SSSR count). The van der Waals surface area contributed by atoms with E-state index in [1.807, 2.05) is 0 Å². The summed E-state index contributed by atoms with van der Waals surface area (Å²) in [6.07, 6.45) is -3.56. The quantitative estimate of drug-likeness (QED) is 0.882. The second-order valence-electron chi connectivity index (χ2n) is 5.61. The van der Waals surface area contributed by atoms with Gasteiger partial charge in [0, 0.05) is 6.54 Å². The first kappa shape index (κ1) is 15.4. The molecule has 0 fully saturated rings. The minimum Gasteiger partial charge on any atom is -0.384 e. The maximum atomic E-state index is 12.5. The second-order valence-corrected chi connectivity index (χ2v) is 5.61. The maximum absolute atomic E-state index is 12.5. The number of alkyl halides is 3. The molecule has 0 atom stereocenters. The zero-order valence-corrected chi connectivity index (χ0v) is 11.2. The van der Waals surface area contributed by atoms with E-state index in [0.29, 0.717) is 12.2 Å². The molecule has 19 heavy (non-hydrogen) atoms. The molecule has 0 bridgehead atoms. The van der Waals surface area contributed by atoms with Crippen molar-refractivity contribution < 1.29 is 13.2 Å². The van der Waals surface area contributed by atoms with E-state index < -0.39 is 11.7 Å². The minimum absolute atomic E-state index is 0.0173. The number of hydrogen-bond acceptors (Lipinski definition) is 2. The van der Waals surface area contributed by atoms with Crippen molar-refractivity contribution in [1.29, 1.82) is 5.26 Å². The lowest BCUT2D eigenvalue weighted by Gasteiger charge is -2.19. The van der Waals surface area contributed by atoms with Gasteiger partial charge in [-0.2, -0.15) is 18.4 Å². The predicted octanol–water partition coefficient (Wildman–Crippen LogP) is 4.43. The molecule has 0 saturated carbocycles. The lowest BCUT2D eigenvalue weighted by Crippen LogP contribution is -2.14. The maximum Gasteiger partial charge on any atom is 0.416 e. The van der Waals surface area contributed by atoms with Gasteiger partial charge in [-0.25, -0.2) is 0 Å². The van der Waals surface area contributed by atoms with Crippen LogP contribution in [0.15, 0.2) is 18.2 Å². The fraction of sp³-hybridized carbons (Fsp3) is 0.500. The molecule has 1 N–H and O–H groups in total. The fourth-order valence-electron chi connectivity index (χ4n) is 1.54. The third-order valence-corrected chi connectivity index (χ3v) is 2.66. The second kappa shape index (κ2) is 5.52. The molecule has 104 valence electrons. The molecule has 0 aliphatic rings. The van der Waals surface area contributed by atoms with Gasteiger partial charge in [0.1, 0.15) is 6.07 Å². The average Bonchev–Trinajstić information content (AvgIpc) is 2.26. The number of nitrogens with one attached hydrogen (secondary N) is 1. The van der Waals surface area contributed by atoms with E-state index >= 15 is 0 Å². The molecule has 1 aromatic rings. The van der Waals surface area contributed by atoms with Crippen molar-refractivity contribution in [3.8, 4) is 6.07 Å². The third kappa shape index (κ3) is 4.82. The van der Waals surface area contributed by atoms with Crippen LogP contribution in [0.3, 0.4) is 0 Å². The van der Waals surface area contributed by atoms with Crippen LogP contribution in [0.4, 0.5) is 18.9 Å². The largest absolute Gasteiger partial charge is 0.416 e. The van der Waals surface area contributed by atoms with E-state index in [0.717, 1.165) is 18.6 Å². The number of halogens is 3. The first-order chi connectivity index (χ1) is 8.63. The van der Waals surface area contributed by atoms with Gasteiger partial charge < -0.3 is 5.32 Å². The molecule has 0 unspecified atom stereocenters. The summed E-state index contributed by atoms with van der Waals surface area (Å²) in [5.74, 6) is 0. The van der Waals surface area contributed by atoms with Gasteiger partial charge in [0.05, 0.1) is 16.8 Å². The molecule has 5 heteroatoms. The van der Waals surface area contributed by atoms with Crippen molar-refractivity contribution in [3.63, 3.8) is 0 Å². The Labute approximate surface area is 111 Å². The van der Waals surface area contributed by atoms with Gasteiger partial charge in [-0.3, -0.25) is 0 Å². The molecule has 1 aromatic carbocycles. The Kier molecular flexibility index (Phi) is 4.46. The van der Waals surface area contributed by atoms with Crippen LogP contribution in [0.1, 0.15) is 38.3 Å². The Hall–Kier alpha value is -1.70. The van der Waals surface area contributed by atoms with Gasteiger partial charge in [0.2, 0.25) is 0 Å². The SMILES string of the molecule is CC(C)(C)CCNc1ccc(C(F)(F)F)cc1C#N. The normalized spacial score (nSPS) is 12.1. The zero-order valence-electron chi connectivity index (χ0n) is 11.2. The summed E-state index contributed by atoms with van der Waals surface area (Å²) in [4.78, 5) is 0. The fourth-order valence-corrected chi connectivity index (χ4v) is 1.54. The van der Waals surface area contributed by atoms with Gasteiger partial charge in [-0.05, 0) is 30.0 Å². The van der Waals surface area contributed by atoms with Gasteiger partial charge in [-0.1, -0.05) is 20.8 Å². The van der Waals surface area contributed by atoms with Crippen molar-refractivity contribution in [1.82, 2.24) is 0 Å². The summed E-state index contributed by atoms with van der Waals surface area (Å²) in [5, 5.41) is 11.9. The summed E-state index contributed by atoms with van der Waals surface area (Å²) >= 11 is 0. The van der Waals surface area contributed by atoms with E-state index in [4.69, 9.17) is 5.26 Å². The van der Waals surface area contributed by atoms with Gasteiger partial charge in [0.25, 0.3) is 0 Å². The van der Waals surface area contributed by atoms with Crippen molar-refractivity contribution in [3.05, 3.63) is 29.3 Å². The Morgan fingerprint density at radius 1 is 1.21 bits per heavy atom. The van der Waals surface area contributed by atoms with Crippen LogP contribution < -0.4 is 5.32 Å². The van der Waals surface area contributed by atoms with Crippen molar-refractivity contribution in [2.75, 3.05) is 11.9 Å². The molecular weight excluding hydrogens is 253 g/mol. The van der Waals surface area contributed by atoms with E-state index in [1.165, 1.54) is 6.07 Å². The number of rotatable bonds is 3. The van der Waals surface area contributed by atoms with Crippen LogP contribution in [0, 0.1) is 16.7 Å². The molecule has 0 aromatic heterocycles. The molecule has 0 aliphatic carbocycles. The number of benzene rings is 1. The average molecular weight is 270 g/mol. The Bertz CT molecular complexity index is 479. The summed E-state index contributed by atoms with van der Waals surface area (Å²) in [6, 6.07) is 4.96. The van der Waals surface area contributed by atoms with Crippen LogP contribution >= 0.6 is 0 Å². The number of nitriles is 1. The number of hydrogen-bond donors (Lipinski definition) is 1. The van der Waals surface area contributed by atoms with Crippen LogP contribution in [0.5, 0.6) is 0 Å². The molecule has 0 heterocycles. The summed E-state index contributed by atoms with van der Waals surface area (Å²) in [7, 11) is 0. The Balaban J connectivity index is 2.84. The molecule has 0 amide bonds. The lowest BCUT2D eigenvalue weighted by molar-refractivity contribution is -0.137. The molecule has 0 spiro atoms. The highest BCUT2D eigenvalue weighted by Crippen LogP contribution is 2.31. The van der Waals surface area contributed by atoms with Gasteiger partial charge >= 0.3 is 6.18 Å². The topological polar surface area (TPSA) is 35.8 Å². The first-order valence-corrected chi connectivity index (χ1v) is 5.99. The van der Waals surface area contributed by atoms with Crippen LogP contribution in [-0.4, -0.2) is 6.54 Å². The van der Waals surface area contributed by atoms with Gasteiger partial charge in [-0.15, -0.1) is 0 Å². The van der Waals surface area contributed by atoms with E-state index in [9.17, 15) is 13.2 Å². The summed E-state index contributed by atoms with van der Waals surface area (Å²) in [5.41, 5.74) is -0.208. The standard InChI is InChI=1S/C14H17F3N2/c1-13(2,3)6-7-19-12-5-4-11(14(15,16)17)8-10(12)9-18/h4-5,8,19H,6-7H2,1-3H3. The molecule has 0 aliphatic heterocycles. The minimum atomic E-state index is -4.42. The summed E-state index contributed by atoms with van der Waals surface area (Å²) in [6.45, 7) is 6.84. The highest BCUT2D eigenvalue weighted by molar-refractivity contribution is 5.58. The molecule has 2 nitrogen and oxygen atoms in total. The first-order valence-electron chi connectivity index (χ1n) is 5.99. The van der Waals surface area contributed by atoms with Gasteiger partial charge in [0.15, 0.2) is 0 Å². The third-order valence-electron chi connectivity index (χ3n) is 2.66. The van der Waals surface area contributed by atoms with Crippen LogP contribution in [0.2, 0.25) is 0 Å². The lowest BCUT2D eigenvalue weighted by atomic mass is 9.92. The summed E-state index contributed by atoms with van der Waals surface area (Å²) < 4.78 is 37.5. The van der Waals surface area contributed by atoms with Crippen LogP contribution in [0.25, 0.3) is 0 Å². The number of nitrogens with zero attached hydrogens (tertiary/aromatic N) is 1. The van der Waals surface area contributed by atoms with Crippen molar-refractivity contribution >= 4 is 5.69 Å². The predicted molar refractivity (Wildman–Crippen MR) is 68.7 cm³/mol. The van der Waals surface area contributed by atoms with Crippen molar-refractivity contribution in [2.24, 2.45) is 5.41 Å². The van der Waals surface area contributed by atoms with Crippen molar-refractivity contribution in [2.45, 2.75) is 33.4 Å². The Morgan fingerprint density at radius 3 is 2.32 bits per heavy atom. The van der Waals surface area contributed by atoms with E-state index in [1.54, 1.807) is 6.07 Å². The highest BCUT2D eigenvalue weighted by atomic mass is 19.4. The van der Waals surface area contributed by atoms with Crippen LogP contribution in [-0.2, 0) is 6.18 Å². The highest BCUT2D eigenvalue weighted by Gasteiger charge is 2.31. The monoisotopic (exact) mass is 270 g/mol.